The number of aryl methyl sites for hydroxylation is 1. The highest BCUT2D eigenvalue weighted by Gasteiger charge is 2.12. The smallest absolute Gasteiger partial charge is 0.306 e. The third-order valence-corrected chi connectivity index (χ3v) is 3.11. The fourth-order valence-electron chi connectivity index (χ4n) is 0.979. The van der Waals surface area contributed by atoms with Crippen LogP contribution >= 0.6 is 11.8 Å². The van der Waals surface area contributed by atoms with Gasteiger partial charge in [0.15, 0.2) is 0 Å². The SMILES string of the molecule is COC(=O)CC(C)SCc1nonc1C. The maximum atomic E-state index is 11.0. The zero-order valence-electron chi connectivity index (χ0n) is 9.02. The van der Waals surface area contributed by atoms with Crippen LogP contribution < -0.4 is 0 Å². The van der Waals surface area contributed by atoms with Gasteiger partial charge in [0.2, 0.25) is 0 Å². The van der Waals surface area contributed by atoms with Crippen LogP contribution in [-0.4, -0.2) is 28.6 Å². The van der Waals surface area contributed by atoms with E-state index in [1.807, 2.05) is 13.8 Å². The van der Waals surface area contributed by atoms with Crippen LogP contribution in [0.5, 0.6) is 0 Å². The summed E-state index contributed by atoms with van der Waals surface area (Å²) in [5.41, 5.74) is 1.63. The number of carbonyl (C=O) groups is 1. The maximum Gasteiger partial charge on any atom is 0.306 e. The first-order valence-electron chi connectivity index (χ1n) is 4.60. The standard InChI is InChI=1S/C9H14N2O3S/c1-6(4-9(12)13-3)15-5-8-7(2)10-14-11-8/h6H,4-5H2,1-3H3. The van der Waals surface area contributed by atoms with Crippen LogP contribution in [0.2, 0.25) is 0 Å². The minimum atomic E-state index is -0.190. The Morgan fingerprint density at radius 1 is 1.60 bits per heavy atom. The van der Waals surface area contributed by atoms with Gasteiger partial charge in [0.05, 0.1) is 13.5 Å². The first kappa shape index (κ1) is 12.0. The lowest BCUT2D eigenvalue weighted by Gasteiger charge is -2.07. The average Bonchev–Trinajstić information content (AvgIpc) is 2.61. The Labute approximate surface area is 92.5 Å². The molecule has 6 heteroatoms. The van der Waals surface area contributed by atoms with E-state index in [2.05, 4.69) is 19.7 Å². The van der Waals surface area contributed by atoms with Crippen molar-refractivity contribution in [2.75, 3.05) is 7.11 Å². The summed E-state index contributed by atoms with van der Waals surface area (Å²) in [5, 5.41) is 7.65. The molecule has 5 nitrogen and oxygen atoms in total. The van der Waals surface area contributed by atoms with Crippen molar-refractivity contribution in [1.82, 2.24) is 10.3 Å². The van der Waals surface area contributed by atoms with Gasteiger partial charge in [0.1, 0.15) is 11.4 Å². The van der Waals surface area contributed by atoms with E-state index in [9.17, 15) is 4.79 Å². The van der Waals surface area contributed by atoms with Gasteiger partial charge < -0.3 is 4.74 Å². The molecule has 0 N–H and O–H groups in total. The van der Waals surface area contributed by atoms with Crippen molar-refractivity contribution in [2.24, 2.45) is 0 Å². The summed E-state index contributed by atoms with van der Waals surface area (Å²) in [6.45, 7) is 3.82. The van der Waals surface area contributed by atoms with Gasteiger partial charge in [-0.2, -0.15) is 11.8 Å². The molecule has 1 rings (SSSR count). The van der Waals surface area contributed by atoms with Gasteiger partial charge in [-0.1, -0.05) is 17.2 Å². The predicted molar refractivity (Wildman–Crippen MR) is 56.4 cm³/mol. The average molecular weight is 230 g/mol. The number of nitrogens with zero attached hydrogens (tertiary/aromatic N) is 2. The molecule has 84 valence electrons. The third kappa shape index (κ3) is 3.91. The lowest BCUT2D eigenvalue weighted by Crippen LogP contribution is -2.08. The molecule has 0 amide bonds. The number of methoxy groups -OCH3 is 1. The first-order valence-corrected chi connectivity index (χ1v) is 5.64. The molecule has 0 aromatic carbocycles. The molecule has 0 fully saturated rings. The summed E-state index contributed by atoms with van der Waals surface area (Å²) in [5.74, 6) is 0.512. The quantitative estimate of drug-likeness (QED) is 0.715. The number of hydrogen-bond acceptors (Lipinski definition) is 6. The Balaban J connectivity index is 2.31. The van der Waals surface area contributed by atoms with Crippen molar-refractivity contribution < 1.29 is 14.2 Å². The fourth-order valence-corrected chi connectivity index (χ4v) is 1.94. The van der Waals surface area contributed by atoms with Crippen molar-refractivity contribution in [1.29, 1.82) is 0 Å². The highest BCUT2D eigenvalue weighted by atomic mass is 32.2. The molecule has 0 radical (unpaired) electrons. The lowest BCUT2D eigenvalue weighted by molar-refractivity contribution is -0.140. The number of ether oxygens (including phenoxy) is 1. The molecule has 0 aliphatic heterocycles. The van der Waals surface area contributed by atoms with Gasteiger partial charge in [-0.05, 0) is 6.92 Å². The molecule has 0 aliphatic rings. The normalized spacial score (nSPS) is 12.5. The van der Waals surface area contributed by atoms with E-state index in [0.717, 1.165) is 11.4 Å². The van der Waals surface area contributed by atoms with Gasteiger partial charge in [0, 0.05) is 11.0 Å². The second kappa shape index (κ2) is 5.75. The predicted octanol–water partition coefficient (Wildman–Crippen LogP) is 1.56. The number of rotatable bonds is 5. The molecule has 0 saturated heterocycles. The Morgan fingerprint density at radius 3 is 2.87 bits per heavy atom. The highest BCUT2D eigenvalue weighted by molar-refractivity contribution is 7.99. The van der Waals surface area contributed by atoms with Gasteiger partial charge in [-0.15, -0.1) is 0 Å². The first-order chi connectivity index (χ1) is 7.13. The van der Waals surface area contributed by atoms with Crippen molar-refractivity contribution in [2.45, 2.75) is 31.3 Å². The molecule has 1 aromatic heterocycles. The lowest BCUT2D eigenvalue weighted by atomic mass is 10.3. The van der Waals surface area contributed by atoms with E-state index in [4.69, 9.17) is 0 Å². The number of hydrogen-bond donors (Lipinski definition) is 0. The minimum Gasteiger partial charge on any atom is -0.469 e. The molecular weight excluding hydrogens is 216 g/mol. The molecule has 15 heavy (non-hydrogen) atoms. The molecule has 1 unspecified atom stereocenters. The third-order valence-electron chi connectivity index (χ3n) is 1.93. The molecule has 0 aliphatic carbocycles. The largest absolute Gasteiger partial charge is 0.469 e. The molecule has 1 atom stereocenters. The second-order valence-electron chi connectivity index (χ2n) is 3.20. The fraction of sp³-hybridized carbons (Fsp3) is 0.667. The van der Waals surface area contributed by atoms with Crippen LogP contribution in [0.25, 0.3) is 0 Å². The van der Waals surface area contributed by atoms with Crippen molar-refractivity contribution in [3.05, 3.63) is 11.4 Å². The molecule has 0 saturated carbocycles. The zero-order valence-corrected chi connectivity index (χ0v) is 9.84. The van der Waals surface area contributed by atoms with E-state index in [1.54, 1.807) is 11.8 Å². The van der Waals surface area contributed by atoms with Gasteiger partial charge in [-0.25, -0.2) is 4.63 Å². The topological polar surface area (TPSA) is 65.2 Å². The van der Waals surface area contributed by atoms with Crippen molar-refractivity contribution >= 4 is 17.7 Å². The minimum absolute atomic E-state index is 0.190. The molecule has 1 aromatic rings. The van der Waals surface area contributed by atoms with Crippen LogP contribution in [0.3, 0.4) is 0 Å². The Hall–Kier alpha value is -1.04. The summed E-state index contributed by atoms with van der Waals surface area (Å²) in [6.07, 6.45) is 0.408. The van der Waals surface area contributed by atoms with Gasteiger partial charge >= 0.3 is 5.97 Å². The van der Waals surface area contributed by atoms with E-state index < -0.39 is 0 Å². The molecule has 0 bridgehead atoms. The van der Waals surface area contributed by atoms with Crippen molar-refractivity contribution in [3.8, 4) is 0 Å². The zero-order chi connectivity index (χ0) is 11.3. The summed E-state index contributed by atoms with van der Waals surface area (Å²) in [7, 11) is 1.39. The molecular formula is C9H14N2O3S. The Morgan fingerprint density at radius 2 is 2.33 bits per heavy atom. The number of carbonyl (C=O) groups excluding carboxylic acids is 1. The van der Waals surface area contributed by atoms with Gasteiger partial charge in [0.25, 0.3) is 0 Å². The maximum absolute atomic E-state index is 11.0. The molecule has 0 spiro atoms. The van der Waals surface area contributed by atoms with Crippen LogP contribution in [0.4, 0.5) is 0 Å². The second-order valence-corrected chi connectivity index (χ2v) is 4.62. The van der Waals surface area contributed by atoms with Crippen LogP contribution in [0, 0.1) is 6.92 Å². The van der Waals surface area contributed by atoms with Crippen molar-refractivity contribution in [3.63, 3.8) is 0 Å². The number of aromatic nitrogens is 2. The highest BCUT2D eigenvalue weighted by Crippen LogP contribution is 2.20. The van der Waals surface area contributed by atoms with Crippen LogP contribution in [0.15, 0.2) is 4.63 Å². The summed E-state index contributed by atoms with van der Waals surface area (Å²) >= 11 is 1.63. The number of esters is 1. The number of thioether (sulfide) groups is 1. The molecule has 1 heterocycles. The van der Waals surface area contributed by atoms with E-state index >= 15 is 0 Å². The summed E-state index contributed by atoms with van der Waals surface area (Å²) < 4.78 is 9.16. The van der Waals surface area contributed by atoms with E-state index in [-0.39, 0.29) is 11.2 Å². The van der Waals surface area contributed by atoms with Crippen LogP contribution in [0.1, 0.15) is 24.7 Å². The summed E-state index contributed by atoms with van der Waals surface area (Å²) in [6, 6.07) is 0. The van der Waals surface area contributed by atoms with Gasteiger partial charge in [-0.3, -0.25) is 4.79 Å². The van der Waals surface area contributed by atoms with Crippen LogP contribution in [-0.2, 0) is 15.3 Å². The Kier molecular flexibility index (Phi) is 4.61. The van der Waals surface area contributed by atoms with E-state index in [1.165, 1.54) is 7.11 Å². The summed E-state index contributed by atoms with van der Waals surface area (Å²) in [4.78, 5) is 11.0. The Bertz CT molecular complexity index is 327. The monoisotopic (exact) mass is 230 g/mol. The van der Waals surface area contributed by atoms with E-state index in [0.29, 0.717) is 12.2 Å².